The second-order valence-electron chi connectivity index (χ2n) is 2.86. The summed E-state index contributed by atoms with van der Waals surface area (Å²) in [5.74, 6) is -2.03. The molecule has 16 heavy (non-hydrogen) atoms. The van der Waals surface area contributed by atoms with Crippen LogP contribution in [0, 0.1) is 0 Å². The maximum atomic E-state index is 11.5. The number of rotatable bonds is 3. The zero-order valence-corrected chi connectivity index (χ0v) is 11.0. The number of phenols is 1. The van der Waals surface area contributed by atoms with Crippen LogP contribution in [0.25, 0.3) is 0 Å². The predicted molar refractivity (Wildman–Crippen MR) is 63.5 cm³/mol. The highest BCUT2D eigenvalue weighted by atomic mass is 79.9. The van der Waals surface area contributed by atoms with Crippen LogP contribution in [0.2, 0.25) is 0 Å². The third kappa shape index (κ3) is 3.21. The topological polar surface area (TPSA) is 86.6 Å². The van der Waals surface area contributed by atoms with Crippen LogP contribution in [0.4, 0.5) is 0 Å². The molecule has 0 aliphatic carbocycles. The number of carbonyl (C=O) groups excluding carboxylic acids is 1. The van der Waals surface area contributed by atoms with Crippen molar-refractivity contribution in [2.45, 2.75) is 0 Å². The van der Waals surface area contributed by atoms with Crippen LogP contribution in [0.3, 0.4) is 0 Å². The van der Waals surface area contributed by atoms with Gasteiger partial charge in [-0.15, -0.1) is 0 Å². The molecule has 0 saturated heterocycles. The molecule has 0 atom stereocenters. The smallest absolute Gasteiger partial charge is 0.322 e. The monoisotopic (exact) mass is 351 g/mol. The molecule has 0 fully saturated rings. The van der Waals surface area contributed by atoms with Crippen molar-refractivity contribution in [3.8, 4) is 5.75 Å². The minimum atomic E-state index is -1.15. The molecule has 0 saturated carbocycles. The largest absolute Gasteiger partial charge is 0.506 e. The number of hydrogen-bond acceptors (Lipinski definition) is 3. The lowest BCUT2D eigenvalue weighted by Gasteiger charge is -2.07. The van der Waals surface area contributed by atoms with E-state index in [2.05, 4.69) is 37.2 Å². The molecule has 0 radical (unpaired) electrons. The molecule has 0 aromatic heterocycles. The first kappa shape index (κ1) is 13.0. The molecule has 0 aliphatic heterocycles. The third-order valence-electron chi connectivity index (χ3n) is 1.67. The van der Waals surface area contributed by atoms with Crippen LogP contribution >= 0.6 is 31.9 Å². The van der Waals surface area contributed by atoms with Gasteiger partial charge in [-0.3, -0.25) is 9.59 Å². The minimum absolute atomic E-state index is 0.00231. The van der Waals surface area contributed by atoms with E-state index in [1.54, 1.807) is 6.07 Å². The summed E-state index contributed by atoms with van der Waals surface area (Å²) in [4.78, 5) is 21.8. The Bertz CT molecular complexity index is 447. The quantitative estimate of drug-likeness (QED) is 0.773. The normalized spacial score (nSPS) is 9.88. The van der Waals surface area contributed by atoms with E-state index >= 15 is 0 Å². The molecule has 1 aromatic carbocycles. The zero-order chi connectivity index (χ0) is 12.3. The molecular weight excluding hydrogens is 346 g/mol. The summed E-state index contributed by atoms with van der Waals surface area (Å²) in [5, 5.41) is 20.1. The summed E-state index contributed by atoms with van der Waals surface area (Å²) in [6, 6.07) is 2.97. The molecule has 0 unspecified atom stereocenters. The number of hydrogen-bond donors (Lipinski definition) is 3. The zero-order valence-electron chi connectivity index (χ0n) is 7.83. The van der Waals surface area contributed by atoms with E-state index in [9.17, 15) is 14.7 Å². The number of amides is 1. The number of nitrogens with one attached hydrogen (secondary N) is 1. The lowest BCUT2D eigenvalue weighted by molar-refractivity contribution is -0.135. The summed E-state index contributed by atoms with van der Waals surface area (Å²) >= 11 is 6.23. The van der Waals surface area contributed by atoms with Gasteiger partial charge in [-0.1, -0.05) is 15.9 Å². The van der Waals surface area contributed by atoms with Gasteiger partial charge in [0.1, 0.15) is 12.3 Å². The van der Waals surface area contributed by atoms with Gasteiger partial charge < -0.3 is 15.5 Å². The maximum absolute atomic E-state index is 11.5. The highest BCUT2D eigenvalue weighted by Crippen LogP contribution is 2.31. The van der Waals surface area contributed by atoms with Gasteiger partial charge in [0.25, 0.3) is 5.91 Å². The number of aromatic hydroxyl groups is 1. The van der Waals surface area contributed by atoms with Crippen LogP contribution in [-0.4, -0.2) is 28.6 Å². The Hall–Kier alpha value is -1.08. The fourth-order valence-corrected chi connectivity index (χ4v) is 2.22. The summed E-state index contributed by atoms with van der Waals surface area (Å²) in [6.45, 7) is -0.498. The number of benzene rings is 1. The van der Waals surface area contributed by atoms with Crippen molar-refractivity contribution in [3.63, 3.8) is 0 Å². The number of carboxylic acids is 1. The second kappa shape index (κ2) is 5.31. The summed E-state index contributed by atoms with van der Waals surface area (Å²) < 4.78 is 0.944. The van der Waals surface area contributed by atoms with Crippen molar-refractivity contribution in [2.24, 2.45) is 0 Å². The lowest BCUT2D eigenvalue weighted by Crippen LogP contribution is -2.29. The molecule has 1 amide bonds. The molecule has 1 rings (SSSR count). The summed E-state index contributed by atoms with van der Waals surface area (Å²) in [7, 11) is 0. The Morgan fingerprint density at radius 1 is 1.31 bits per heavy atom. The number of halogens is 2. The van der Waals surface area contributed by atoms with Crippen molar-refractivity contribution in [3.05, 3.63) is 26.6 Å². The highest BCUT2D eigenvalue weighted by molar-refractivity contribution is 9.11. The number of aliphatic carboxylic acids is 1. The fourth-order valence-electron chi connectivity index (χ4n) is 0.990. The molecular formula is C9H7Br2NO4. The van der Waals surface area contributed by atoms with E-state index < -0.39 is 18.4 Å². The Balaban J connectivity index is 2.95. The van der Waals surface area contributed by atoms with Crippen LogP contribution in [0.5, 0.6) is 5.75 Å². The van der Waals surface area contributed by atoms with E-state index in [1.807, 2.05) is 0 Å². The molecule has 0 bridgehead atoms. The third-order valence-corrected chi connectivity index (χ3v) is 2.74. The Labute approximate surface area is 108 Å². The van der Waals surface area contributed by atoms with E-state index in [4.69, 9.17) is 5.11 Å². The second-order valence-corrected chi connectivity index (χ2v) is 4.63. The Kier molecular flexibility index (Phi) is 4.31. The van der Waals surface area contributed by atoms with Gasteiger partial charge in [0.15, 0.2) is 0 Å². The molecule has 1 aromatic rings. The Morgan fingerprint density at radius 2 is 1.94 bits per heavy atom. The summed E-state index contributed by atoms with van der Waals surface area (Å²) in [6.07, 6.45) is 0. The minimum Gasteiger partial charge on any atom is -0.506 e. The van der Waals surface area contributed by atoms with Crippen molar-refractivity contribution in [1.29, 1.82) is 0 Å². The van der Waals surface area contributed by atoms with Crippen molar-refractivity contribution in [2.75, 3.05) is 6.54 Å². The first-order chi connectivity index (χ1) is 7.41. The summed E-state index contributed by atoms with van der Waals surface area (Å²) in [5.41, 5.74) is 0.00231. The Morgan fingerprint density at radius 3 is 2.50 bits per heavy atom. The van der Waals surface area contributed by atoms with Crippen LogP contribution in [-0.2, 0) is 4.79 Å². The van der Waals surface area contributed by atoms with Crippen molar-refractivity contribution >= 4 is 43.7 Å². The molecule has 3 N–H and O–H groups in total. The average Bonchev–Trinajstić information content (AvgIpc) is 2.19. The molecule has 86 valence electrons. The number of carboxylic acid groups (broad SMARTS) is 1. The van der Waals surface area contributed by atoms with Crippen LogP contribution in [0.15, 0.2) is 21.1 Å². The lowest BCUT2D eigenvalue weighted by atomic mass is 10.2. The van der Waals surface area contributed by atoms with E-state index in [0.717, 1.165) is 0 Å². The van der Waals surface area contributed by atoms with E-state index in [1.165, 1.54) is 6.07 Å². The molecule has 0 heterocycles. The van der Waals surface area contributed by atoms with Crippen LogP contribution in [0.1, 0.15) is 10.4 Å². The average molecular weight is 353 g/mol. The fraction of sp³-hybridized carbons (Fsp3) is 0.111. The van der Waals surface area contributed by atoms with Crippen molar-refractivity contribution in [1.82, 2.24) is 5.32 Å². The van der Waals surface area contributed by atoms with Gasteiger partial charge >= 0.3 is 5.97 Å². The maximum Gasteiger partial charge on any atom is 0.322 e. The SMILES string of the molecule is O=C(O)CNC(=O)c1cc(Br)cc(Br)c1O. The predicted octanol–water partition coefficient (Wildman–Crippen LogP) is 1.73. The molecule has 0 spiro atoms. The molecule has 7 heteroatoms. The van der Waals surface area contributed by atoms with Crippen LogP contribution < -0.4 is 5.32 Å². The van der Waals surface area contributed by atoms with Crippen molar-refractivity contribution < 1.29 is 19.8 Å². The van der Waals surface area contributed by atoms with Gasteiger partial charge in [0.2, 0.25) is 0 Å². The van der Waals surface area contributed by atoms with Gasteiger partial charge in [-0.2, -0.15) is 0 Å². The number of carbonyl (C=O) groups is 2. The van der Waals surface area contributed by atoms with Gasteiger partial charge in [-0.05, 0) is 28.1 Å². The van der Waals surface area contributed by atoms with Gasteiger partial charge in [-0.25, -0.2) is 0 Å². The standard InChI is InChI=1S/C9H7Br2NO4/c10-4-1-5(8(15)6(11)2-4)9(16)12-3-7(13)14/h1-2,15H,3H2,(H,12,16)(H,13,14). The highest BCUT2D eigenvalue weighted by Gasteiger charge is 2.15. The van der Waals surface area contributed by atoms with Gasteiger partial charge in [0.05, 0.1) is 10.0 Å². The molecule has 0 aliphatic rings. The van der Waals surface area contributed by atoms with E-state index in [-0.39, 0.29) is 11.3 Å². The van der Waals surface area contributed by atoms with Gasteiger partial charge in [0, 0.05) is 4.47 Å². The molecule has 5 nitrogen and oxygen atoms in total. The number of phenolic OH excluding ortho intramolecular Hbond substituents is 1. The first-order valence-corrected chi connectivity index (χ1v) is 5.68. The first-order valence-electron chi connectivity index (χ1n) is 4.10. The van der Waals surface area contributed by atoms with E-state index in [0.29, 0.717) is 8.95 Å².